The Labute approximate surface area is 110 Å². The maximum absolute atomic E-state index is 11.8. The molecule has 1 aromatic carbocycles. The SMILES string of the molecule is CCCC(NC(=O)CNC(C)C)c1ccccc1. The van der Waals surface area contributed by atoms with Crippen molar-refractivity contribution in [3.63, 3.8) is 0 Å². The molecule has 3 nitrogen and oxygen atoms in total. The standard InChI is InChI=1S/C15H24N2O/c1-4-8-14(13-9-6-5-7-10-13)17-15(18)11-16-12(2)3/h5-7,9-10,12,14,16H,4,8,11H2,1-3H3,(H,17,18). The minimum Gasteiger partial charge on any atom is -0.348 e. The smallest absolute Gasteiger partial charge is 0.234 e. The molecule has 0 aliphatic rings. The summed E-state index contributed by atoms with van der Waals surface area (Å²) in [5.74, 6) is 0.0611. The summed E-state index contributed by atoms with van der Waals surface area (Å²) in [6.07, 6.45) is 2.02. The lowest BCUT2D eigenvalue weighted by atomic mass is 10.0. The van der Waals surface area contributed by atoms with Crippen LogP contribution in [-0.2, 0) is 4.79 Å². The van der Waals surface area contributed by atoms with E-state index in [9.17, 15) is 4.79 Å². The largest absolute Gasteiger partial charge is 0.348 e. The molecule has 1 aromatic rings. The van der Waals surface area contributed by atoms with Crippen LogP contribution in [0.4, 0.5) is 0 Å². The van der Waals surface area contributed by atoms with Gasteiger partial charge < -0.3 is 10.6 Å². The van der Waals surface area contributed by atoms with Crippen molar-refractivity contribution >= 4 is 5.91 Å². The molecular formula is C15H24N2O. The molecular weight excluding hydrogens is 224 g/mol. The number of amides is 1. The minimum atomic E-state index is 0.0611. The van der Waals surface area contributed by atoms with Gasteiger partial charge in [-0.05, 0) is 12.0 Å². The fraction of sp³-hybridized carbons (Fsp3) is 0.533. The van der Waals surface area contributed by atoms with Crippen molar-refractivity contribution in [2.24, 2.45) is 0 Å². The number of hydrogen-bond donors (Lipinski definition) is 2. The average molecular weight is 248 g/mol. The highest BCUT2D eigenvalue weighted by atomic mass is 16.1. The Kier molecular flexibility index (Phi) is 6.44. The first-order valence-corrected chi connectivity index (χ1v) is 6.71. The van der Waals surface area contributed by atoms with Gasteiger partial charge >= 0.3 is 0 Å². The van der Waals surface area contributed by atoms with E-state index in [4.69, 9.17) is 0 Å². The van der Waals surface area contributed by atoms with Gasteiger partial charge in [-0.2, -0.15) is 0 Å². The van der Waals surface area contributed by atoms with E-state index in [0.29, 0.717) is 12.6 Å². The highest BCUT2D eigenvalue weighted by Gasteiger charge is 2.13. The van der Waals surface area contributed by atoms with Crippen LogP contribution in [0, 0.1) is 0 Å². The molecule has 1 amide bonds. The minimum absolute atomic E-state index is 0.0611. The maximum Gasteiger partial charge on any atom is 0.234 e. The molecule has 0 heterocycles. The molecule has 1 atom stereocenters. The first-order valence-electron chi connectivity index (χ1n) is 6.71. The van der Waals surface area contributed by atoms with Crippen molar-refractivity contribution in [1.82, 2.24) is 10.6 Å². The second-order valence-electron chi connectivity index (χ2n) is 4.86. The zero-order valence-corrected chi connectivity index (χ0v) is 11.6. The number of nitrogens with one attached hydrogen (secondary N) is 2. The number of carbonyl (C=O) groups is 1. The Morgan fingerprint density at radius 2 is 1.89 bits per heavy atom. The van der Waals surface area contributed by atoms with Gasteiger partial charge in [0, 0.05) is 6.04 Å². The molecule has 0 saturated heterocycles. The Hall–Kier alpha value is -1.35. The lowest BCUT2D eigenvalue weighted by molar-refractivity contribution is -0.121. The molecule has 1 rings (SSSR count). The van der Waals surface area contributed by atoms with Crippen LogP contribution >= 0.6 is 0 Å². The van der Waals surface area contributed by atoms with E-state index in [-0.39, 0.29) is 11.9 Å². The molecule has 100 valence electrons. The quantitative estimate of drug-likeness (QED) is 0.779. The number of carbonyl (C=O) groups excluding carboxylic acids is 1. The number of rotatable bonds is 7. The van der Waals surface area contributed by atoms with Crippen molar-refractivity contribution in [2.45, 2.75) is 45.7 Å². The molecule has 2 N–H and O–H groups in total. The molecule has 1 unspecified atom stereocenters. The zero-order chi connectivity index (χ0) is 13.4. The average Bonchev–Trinajstić information content (AvgIpc) is 2.37. The highest BCUT2D eigenvalue weighted by Crippen LogP contribution is 2.17. The molecule has 0 fully saturated rings. The van der Waals surface area contributed by atoms with E-state index in [1.165, 1.54) is 5.56 Å². The normalized spacial score (nSPS) is 12.4. The van der Waals surface area contributed by atoms with Crippen molar-refractivity contribution in [3.8, 4) is 0 Å². The summed E-state index contributed by atoms with van der Waals surface area (Å²) in [5, 5.41) is 6.22. The molecule has 0 radical (unpaired) electrons. The predicted molar refractivity (Wildman–Crippen MR) is 75.4 cm³/mol. The van der Waals surface area contributed by atoms with Crippen molar-refractivity contribution in [2.75, 3.05) is 6.54 Å². The van der Waals surface area contributed by atoms with Gasteiger partial charge in [0.15, 0.2) is 0 Å². The van der Waals surface area contributed by atoms with E-state index in [1.54, 1.807) is 0 Å². The zero-order valence-electron chi connectivity index (χ0n) is 11.6. The van der Waals surface area contributed by atoms with E-state index < -0.39 is 0 Å². The first kappa shape index (κ1) is 14.7. The Morgan fingerprint density at radius 3 is 2.44 bits per heavy atom. The van der Waals surface area contributed by atoms with Gasteiger partial charge in [0.25, 0.3) is 0 Å². The molecule has 0 bridgehead atoms. The Morgan fingerprint density at radius 1 is 1.22 bits per heavy atom. The van der Waals surface area contributed by atoms with Crippen molar-refractivity contribution < 1.29 is 4.79 Å². The monoisotopic (exact) mass is 248 g/mol. The van der Waals surface area contributed by atoms with Gasteiger partial charge in [-0.1, -0.05) is 57.5 Å². The second kappa shape index (κ2) is 7.88. The van der Waals surface area contributed by atoms with Gasteiger partial charge in [0.1, 0.15) is 0 Å². The molecule has 3 heteroatoms. The topological polar surface area (TPSA) is 41.1 Å². The van der Waals surface area contributed by atoms with Gasteiger partial charge in [-0.25, -0.2) is 0 Å². The summed E-state index contributed by atoms with van der Waals surface area (Å²) in [6, 6.07) is 10.6. The highest BCUT2D eigenvalue weighted by molar-refractivity contribution is 5.78. The van der Waals surface area contributed by atoms with Gasteiger partial charge in [0.2, 0.25) is 5.91 Å². The van der Waals surface area contributed by atoms with Crippen LogP contribution < -0.4 is 10.6 Å². The predicted octanol–water partition coefficient (Wildman–Crippen LogP) is 2.64. The number of benzene rings is 1. The summed E-state index contributed by atoms with van der Waals surface area (Å²) < 4.78 is 0. The molecule has 0 saturated carbocycles. The van der Waals surface area contributed by atoms with Crippen LogP contribution in [0.3, 0.4) is 0 Å². The van der Waals surface area contributed by atoms with Crippen molar-refractivity contribution in [3.05, 3.63) is 35.9 Å². The maximum atomic E-state index is 11.8. The van der Waals surface area contributed by atoms with Crippen molar-refractivity contribution in [1.29, 1.82) is 0 Å². The lowest BCUT2D eigenvalue weighted by Crippen LogP contribution is -2.38. The van der Waals surface area contributed by atoms with Gasteiger partial charge in [0.05, 0.1) is 12.6 Å². The van der Waals surface area contributed by atoms with E-state index in [1.807, 2.05) is 32.0 Å². The summed E-state index contributed by atoms with van der Waals surface area (Å²) in [7, 11) is 0. The third-order valence-corrected chi connectivity index (χ3v) is 2.79. The summed E-state index contributed by atoms with van der Waals surface area (Å²) >= 11 is 0. The van der Waals surface area contributed by atoms with E-state index >= 15 is 0 Å². The van der Waals surface area contributed by atoms with Crippen LogP contribution in [0.15, 0.2) is 30.3 Å². The van der Waals surface area contributed by atoms with Crippen LogP contribution in [0.1, 0.15) is 45.2 Å². The van der Waals surface area contributed by atoms with Gasteiger partial charge in [-0.15, -0.1) is 0 Å². The fourth-order valence-corrected chi connectivity index (χ4v) is 1.84. The molecule has 0 aromatic heterocycles. The number of hydrogen-bond acceptors (Lipinski definition) is 2. The van der Waals surface area contributed by atoms with Crippen LogP contribution in [0.5, 0.6) is 0 Å². The Balaban J connectivity index is 2.55. The summed E-state index contributed by atoms with van der Waals surface area (Å²) in [6.45, 7) is 6.58. The molecule has 18 heavy (non-hydrogen) atoms. The van der Waals surface area contributed by atoms with E-state index in [0.717, 1.165) is 12.8 Å². The Bertz CT molecular complexity index is 349. The third-order valence-electron chi connectivity index (χ3n) is 2.79. The van der Waals surface area contributed by atoms with Gasteiger partial charge in [-0.3, -0.25) is 4.79 Å². The van der Waals surface area contributed by atoms with Crippen LogP contribution in [0.2, 0.25) is 0 Å². The lowest BCUT2D eigenvalue weighted by Gasteiger charge is -2.19. The second-order valence-corrected chi connectivity index (χ2v) is 4.86. The third kappa shape index (κ3) is 5.32. The summed E-state index contributed by atoms with van der Waals surface area (Å²) in [4.78, 5) is 11.8. The fourth-order valence-electron chi connectivity index (χ4n) is 1.84. The van der Waals surface area contributed by atoms with E-state index in [2.05, 4.69) is 29.7 Å². The van der Waals surface area contributed by atoms with Crippen LogP contribution in [0.25, 0.3) is 0 Å². The molecule has 0 aliphatic carbocycles. The first-order chi connectivity index (χ1) is 8.63. The van der Waals surface area contributed by atoms with Crippen LogP contribution in [-0.4, -0.2) is 18.5 Å². The molecule has 0 aliphatic heterocycles. The summed E-state index contributed by atoms with van der Waals surface area (Å²) in [5.41, 5.74) is 1.18. The molecule has 0 spiro atoms.